The maximum Gasteiger partial charge on any atom is 0.227 e. The van der Waals surface area contributed by atoms with Gasteiger partial charge in [-0.2, -0.15) is 10.2 Å². The lowest BCUT2D eigenvalue weighted by atomic mass is 10.2. The van der Waals surface area contributed by atoms with E-state index in [1.165, 1.54) is 0 Å². The van der Waals surface area contributed by atoms with Crippen LogP contribution >= 0.6 is 0 Å². The number of nitrogens with zero attached hydrogens (tertiary/aromatic N) is 7. The van der Waals surface area contributed by atoms with Gasteiger partial charge in [0.2, 0.25) is 5.95 Å². The average Bonchev–Trinajstić information content (AvgIpc) is 2.75. The summed E-state index contributed by atoms with van der Waals surface area (Å²) in [6.45, 7) is 6.64. The van der Waals surface area contributed by atoms with E-state index in [1.807, 2.05) is 24.4 Å². The maximum atomic E-state index is 9.02. The summed E-state index contributed by atoms with van der Waals surface area (Å²) in [7, 11) is 0. The molecule has 2 aliphatic rings. The molecule has 0 radical (unpaired) electrons. The Morgan fingerprint density at radius 1 is 0.885 bits per heavy atom. The van der Waals surface area contributed by atoms with Crippen molar-refractivity contribution in [2.45, 2.75) is 0 Å². The molecule has 26 heavy (non-hydrogen) atoms. The van der Waals surface area contributed by atoms with Gasteiger partial charge in [-0.3, -0.25) is 0 Å². The molecule has 4 rings (SSSR count). The molecule has 0 bridgehead atoms. The van der Waals surface area contributed by atoms with Gasteiger partial charge in [-0.25, -0.2) is 9.97 Å². The fourth-order valence-electron chi connectivity index (χ4n) is 3.30. The maximum absolute atomic E-state index is 9.02. The lowest BCUT2D eigenvalue weighted by molar-refractivity contribution is 0.122. The molecule has 2 fully saturated rings. The largest absolute Gasteiger partial charge is 0.378 e. The SMILES string of the molecule is N#Cc1cc(N2CCN(c3nccc(N4CCOCC4)n3)CC2)ccn1. The molecule has 0 aromatic carbocycles. The van der Waals surface area contributed by atoms with Crippen LogP contribution in [0.3, 0.4) is 0 Å². The number of nitriles is 1. The zero-order chi connectivity index (χ0) is 17.8. The molecule has 0 amide bonds. The summed E-state index contributed by atoms with van der Waals surface area (Å²) >= 11 is 0. The lowest BCUT2D eigenvalue weighted by Gasteiger charge is -2.36. The van der Waals surface area contributed by atoms with Gasteiger partial charge >= 0.3 is 0 Å². The first kappa shape index (κ1) is 16.5. The highest BCUT2D eigenvalue weighted by Crippen LogP contribution is 2.20. The van der Waals surface area contributed by atoms with Crippen molar-refractivity contribution in [3.05, 3.63) is 36.3 Å². The van der Waals surface area contributed by atoms with Gasteiger partial charge in [-0.15, -0.1) is 0 Å². The van der Waals surface area contributed by atoms with Crippen LogP contribution in [0.2, 0.25) is 0 Å². The third-order valence-electron chi connectivity index (χ3n) is 4.75. The fraction of sp³-hybridized carbons (Fsp3) is 0.444. The molecule has 2 aliphatic heterocycles. The summed E-state index contributed by atoms with van der Waals surface area (Å²) in [6.07, 6.45) is 3.52. The number of piperazine rings is 1. The van der Waals surface area contributed by atoms with Gasteiger partial charge in [0.25, 0.3) is 0 Å². The lowest BCUT2D eigenvalue weighted by Crippen LogP contribution is -2.47. The molecule has 0 atom stereocenters. The summed E-state index contributed by atoms with van der Waals surface area (Å²) < 4.78 is 5.41. The predicted octanol–water partition coefficient (Wildman–Crippen LogP) is 0.906. The molecule has 0 saturated carbocycles. The van der Waals surface area contributed by atoms with E-state index in [4.69, 9.17) is 15.0 Å². The standard InChI is InChI=1S/C18H21N7O/c19-14-15-13-16(1-3-20-15)23-5-7-25(8-6-23)18-21-4-2-17(22-18)24-9-11-26-12-10-24/h1-4,13H,5-12H2. The molecule has 0 N–H and O–H groups in total. The Morgan fingerprint density at radius 2 is 1.62 bits per heavy atom. The first-order valence-corrected chi connectivity index (χ1v) is 8.85. The van der Waals surface area contributed by atoms with Crippen molar-refractivity contribution < 1.29 is 4.74 Å². The van der Waals surface area contributed by atoms with E-state index in [0.717, 1.165) is 69.9 Å². The van der Waals surface area contributed by atoms with Crippen LogP contribution in [0.25, 0.3) is 0 Å². The smallest absolute Gasteiger partial charge is 0.227 e. The highest BCUT2D eigenvalue weighted by molar-refractivity contribution is 5.51. The quantitative estimate of drug-likeness (QED) is 0.807. The zero-order valence-electron chi connectivity index (χ0n) is 14.6. The fourth-order valence-corrected chi connectivity index (χ4v) is 3.30. The van der Waals surface area contributed by atoms with Gasteiger partial charge in [0.05, 0.1) is 13.2 Å². The molecular weight excluding hydrogens is 330 g/mol. The summed E-state index contributed by atoms with van der Waals surface area (Å²) in [5, 5.41) is 9.02. The van der Waals surface area contributed by atoms with Crippen molar-refractivity contribution in [1.82, 2.24) is 15.0 Å². The van der Waals surface area contributed by atoms with Crippen LogP contribution in [0, 0.1) is 11.3 Å². The van der Waals surface area contributed by atoms with Crippen molar-refractivity contribution in [2.75, 3.05) is 67.2 Å². The molecule has 2 saturated heterocycles. The van der Waals surface area contributed by atoms with Gasteiger partial charge in [0.15, 0.2) is 0 Å². The van der Waals surface area contributed by atoms with Crippen molar-refractivity contribution in [2.24, 2.45) is 0 Å². The number of rotatable bonds is 3. The number of anilines is 3. The molecule has 8 heteroatoms. The second kappa shape index (κ2) is 7.54. The van der Waals surface area contributed by atoms with Gasteiger partial charge in [-0.1, -0.05) is 0 Å². The third-order valence-corrected chi connectivity index (χ3v) is 4.75. The minimum absolute atomic E-state index is 0.450. The second-order valence-electron chi connectivity index (χ2n) is 6.30. The minimum atomic E-state index is 0.450. The third kappa shape index (κ3) is 3.53. The number of pyridine rings is 1. The topological polar surface area (TPSA) is 81.4 Å². The minimum Gasteiger partial charge on any atom is -0.378 e. The average molecular weight is 351 g/mol. The van der Waals surface area contributed by atoms with Crippen LogP contribution in [0.5, 0.6) is 0 Å². The van der Waals surface area contributed by atoms with Crippen molar-refractivity contribution >= 4 is 17.5 Å². The number of aromatic nitrogens is 3. The van der Waals surface area contributed by atoms with Crippen molar-refractivity contribution in [3.8, 4) is 6.07 Å². The molecule has 8 nitrogen and oxygen atoms in total. The molecule has 4 heterocycles. The van der Waals surface area contributed by atoms with Gasteiger partial charge in [0, 0.05) is 57.3 Å². The van der Waals surface area contributed by atoms with E-state index in [2.05, 4.69) is 30.7 Å². The first-order chi connectivity index (χ1) is 12.8. The first-order valence-electron chi connectivity index (χ1n) is 8.85. The summed E-state index contributed by atoms with van der Waals surface area (Å²) in [6, 6.07) is 7.85. The van der Waals surface area contributed by atoms with E-state index in [1.54, 1.807) is 6.20 Å². The highest BCUT2D eigenvalue weighted by atomic mass is 16.5. The van der Waals surface area contributed by atoms with Gasteiger partial charge in [0.1, 0.15) is 17.6 Å². The van der Waals surface area contributed by atoms with Gasteiger partial charge < -0.3 is 19.4 Å². The van der Waals surface area contributed by atoms with Crippen molar-refractivity contribution in [3.63, 3.8) is 0 Å². The normalized spacial score (nSPS) is 17.9. The van der Waals surface area contributed by atoms with E-state index < -0.39 is 0 Å². The summed E-state index contributed by atoms with van der Waals surface area (Å²) in [5.74, 6) is 1.75. The van der Waals surface area contributed by atoms with Crippen LogP contribution in [0.15, 0.2) is 30.6 Å². The molecular formula is C18H21N7O. The molecule has 134 valence electrons. The Labute approximate surface area is 152 Å². The van der Waals surface area contributed by atoms with Crippen LogP contribution in [-0.2, 0) is 4.74 Å². The van der Waals surface area contributed by atoms with Crippen molar-refractivity contribution in [1.29, 1.82) is 5.26 Å². The molecule has 0 aliphatic carbocycles. The summed E-state index contributed by atoms with van der Waals surface area (Å²) in [4.78, 5) is 20.0. The number of hydrogen-bond acceptors (Lipinski definition) is 8. The number of hydrogen-bond donors (Lipinski definition) is 0. The number of ether oxygens (including phenoxy) is 1. The van der Waals surface area contributed by atoms with Crippen LogP contribution in [-0.4, -0.2) is 67.4 Å². The monoisotopic (exact) mass is 351 g/mol. The molecule has 0 spiro atoms. The van der Waals surface area contributed by atoms with Gasteiger partial charge in [-0.05, 0) is 18.2 Å². The van der Waals surface area contributed by atoms with Crippen LogP contribution in [0.1, 0.15) is 5.69 Å². The highest BCUT2D eigenvalue weighted by Gasteiger charge is 2.21. The Kier molecular flexibility index (Phi) is 4.80. The molecule has 0 unspecified atom stereocenters. The number of morpholine rings is 1. The van der Waals surface area contributed by atoms with E-state index >= 15 is 0 Å². The zero-order valence-corrected chi connectivity index (χ0v) is 14.6. The van der Waals surface area contributed by atoms with E-state index in [9.17, 15) is 0 Å². The van der Waals surface area contributed by atoms with E-state index in [0.29, 0.717) is 5.69 Å². The Bertz CT molecular complexity index is 792. The summed E-state index contributed by atoms with van der Waals surface area (Å²) in [5.41, 5.74) is 1.49. The molecule has 2 aromatic rings. The van der Waals surface area contributed by atoms with E-state index in [-0.39, 0.29) is 0 Å². The molecule has 2 aromatic heterocycles. The van der Waals surface area contributed by atoms with Crippen LogP contribution < -0.4 is 14.7 Å². The Hall–Kier alpha value is -2.92. The Morgan fingerprint density at radius 3 is 2.38 bits per heavy atom. The second-order valence-corrected chi connectivity index (χ2v) is 6.30. The predicted molar refractivity (Wildman–Crippen MR) is 98.4 cm³/mol. The van der Waals surface area contributed by atoms with Crippen LogP contribution in [0.4, 0.5) is 17.5 Å². The Balaban J connectivity index is 1.42.